The molecular formula is C9H7BrClNO. The molecule has 1 aromatic carbocycles. The van der Waals surface area contributed by atoms with Gasteiger partial charge in [0.15, 0.2) is 0 Å². The zero-order valence-electron chi connectivity index (χ0n) is 6.72. The van der Waals surface area contributed by atoms with Crippen LogP contribution in [0, 0.1) is 11.3 Å². The Morgan fingerprint density at radius 1 is 1.54 bits per heavy atom. The number of nitriles is 1. The van der Waals surface area contributed by atoms with Crippen molar-refractivity contribution in [2.75, 3.05) is 0 Å². The highest BCUT2D eigenvalue weighted by Crippen LogP contribution is 2.30. The van der Waals surface area contributed by atoms with E-state index in [0.717, 1.165) is 0 Å². The van der Waals surface area contributed by atoms with Gasteiger partial charge in [0.2, 0.25) is 0 Å². The van der Waals surface area contributed by atoms with E-state index in [0.29, 0.717) is 27.9 Å². The lowest BCUT2D eigenvalue weighted by molar-refractivity contribution is 0.468. The zero-order chi connectivity index (χ0) is 9.84. The van der Waals surface area contributed by atoms with Crippen LogP contribution in [0.1, 0.15) is 12.0 Å². The van der Waals surface area contributed by atoms with E-state index < -0.39 is 0 Å². The van der Waals surface area contributed by atoms with Gasteiger partial charge in [-0.05, 0) is 40.0 Å². The van der Waals surface area contributed by atoms with E-state index in [2.05, 4.69) is 15.9 Å². The van der Waals surface area contributed by atoms with Crippen molar-refractivity contribution < 1.29 is 5.11 Å². The van der Waals surface area contributed by atoms with Gasteiger partial charge >= 0.3 is 0 Å². The van der Waals surface area contributed by atoms with Crippen LogP contribution in [0.2, 0.25) is 5.02 Å². The maximum absolute atomic E-state index is 9.44. The highest BCUT2D eigenvalue weighted by Gasteiger charge is 2.05. The molecule has 0 atom stereocenters. The third-order valence-corrected chi connectivity index (χ3v) is 2.82. The third-order valence-electron chi connectivity index (χ3n) is 1.63. The molecular weight excluding hydrogens is 253 g/mol. The number of benzene rings is 1. The van der Waals surface area contributed by atoms with E-state index in [1.807, 2.05) is 6.07 Å². The minimum Gasteiger partial charge on any atom is -0.508 e. The van der Waals surface area contributed by atoms with Crippen LogP contribution in [0.5, 0.6) is 5.75 Å². The van der Waals surface area contributed by atoms with Gasteiger partial charge in [-0.25, -0.2) is 0 Å². The number of aromatic hydroxyl groups is 1. The molecule has 68 valence electrons. The molecule has 0 saturated carbocycles. The van der Waals surface area contributed by atoms with Crippen LogP contribution in [-0.2, 0) is 6.42 Å². The van der Waals surface area contributed by atoms with Gasteiger partial charge < -0.3 is 5.11 Å². The summed E-state index contributed by atoms with van der Waals surface area (Å²) in [5, 5.41) is 18.4. The molecule has 1 aromatic rings. The Balaban J connectivity index is 2.96. The smallest absolute Gasteiger partial charge is 0.120 e. The van der Waals surface area contributed by atoms with Gasteiger partial charge in [-0.1, -0.05) is 11.6 Å². The summed E-state index contributed by atoms with van der Waals surface area (Å²) in [4.78, 5) is 0. The van der Waals surface area contributed by atoms with Crippen LogP contribution in [0.15, 0.2) is 16.6 Å². The van der Waals surface area contributed by atoms with Gasteiger partial charge in [-0.15, -0.1) is 0 Å². The molecule has 0 amide bonds. The summed E-state index contributed by atoms with van der Waals surface area (Å²) in [5.74, 6) is 0.173. The summed E-state index contributed by atoms with van der Waals surface area (Å²) in [6, 6.07) is 5.21. The minimum atomic E-state index is 0.173. The van der Waals surface area contributed by atoms with Crippen molar-refractivity contribution in [1.82, 2.24) is 0 Å². The van der Waals surface area contributed by atoms with E-state index in [1.165, 1.54) is 6.07 Å². The quantitative estimate of drug-likeness (QED) is 0.887. The predicted octanol–water partition coefficient (Wildman–Crippen LogP) is 3.26. The summed E-state index contributed by atoms with van der Waals surface area (Å²) in [7, 11) is 0. The fourth-order valence-electron chi connectivity index (χ4n) is 0.968. The Morgan fingerprint density at radius 3 is 2.85 bits per heavy atom. The Hall–Kier alpha value is -0.720. The molecule has 0 unspecified atom stereocenters. The SMILES string of the molecule is N#CCCc1cc(Cl)c(Br)cc1O. The van der Waals surface area contributed by atoms with E-state index in [-0.39, 0.29) is 5.75 Å². The molecule has 2 nitrogen and oxygen atoms in total. The van der Waals surface area contributed by atoms with Crippen molar-refractivity contribution in [2.24, 2.45) is 0 Å². The summed E-state index contributed by atoms with van der Waals surface area (Å²) >= 11 is 9.02. The molecule has 0 spiro atoms. The second-order valence-corrected chi connectivity index (χ2v) is 3.81. The molecule has 0 fully saturated rings. The summed E-state index contributed by atoms with van der Waals surface area (Å²) in [6.07, 6.45) is 0.904. The van der Waals surface area contributed by atoms with Gasteiger partial charge in [-0.2, -0.15) is 5.26 Å². The number of nitrogens with zero attached hydrogens (tertiary/aromatic N) is 1. The van der Waals surface area contributed by atoms with E-state index in [1.54, 1.807) is 6.07 Å². The molecule has 0 bridgehead atoms. The van der Waals surface area contributed by atoms with Gasteiger partial charge in [0, 0.05) is 10.9 Å². The average molecular weight is 261 g/mol. The molecule has 4 heteroatoms. The normalized spacial score (nSPS) is 9.62. The highest BCUT2D eigenvalue weighted by atomic mass is 79.9. The molecule has 0 aliphatic carbocycles. The second-order valence-electron chi connectivity index (χ2n) is 2.55. The van der Waals surface area contributed by atoms with Crippen LogP contribution < -0.4 is 0 Å². The number of halogens is 2. The van der Waals surface area contributed by atoms with Crippen LogP contribution >= 0.6 is 27.5 Å². The van der Waals surface area contributed by atoms with Gasteiger partial charge in [0.1, 0.15) is 5.75 Å². The number of hydrogen-bond acceptors (Lipinski definition) is 2. The third kappa shape index (κ3) is 2.61. The fourth-order valence-corrected chi connectivity index (χ4v) is 1.49. The molecule has 0 aliphatic rings. The average Bonchev–Trinajstić information content (AvgIpc) is 2.09. The monoisotopic (exact) mass is 259 g/mol. The predicted molar refractivity (Wildman–Crippen MR) is 54.8 cm³/mol. The van der Waals surface area contributed by atoms with E-state index in [9.17, 15) is 5.11 Å². The summed E-state index contributed by atoms with van der Waals surface area (Å²) in [5.41, 5.74) is 0.703. The second kappa shape index (κ2) is 4.50. The number of aryl methyl sites for hydroxylation is 1. The summed E-state index contributed by atoms with van der Waals surface area (Å²) in [6.45, 7) is 0. The van der Waals surface area contributed by atoms with Crippen LogP contribution in [-0.4, -0.2) is 5.11 Å². The molecule has 1 rings (SSSR count). The van der Waals surface area contributed by atoms with Crippen molar-refractivity contribution in [3.8, 4) is 11.8 Å². The Labute approximate surface area is 89.9 Å². The summed E-state index contributed by atoms with van der Waals surface area (Å²) < 4.78 is 0.660. The molecule has 13 heavy (non-hydrogen) atoms. The van der Waals surface area contributed by atoms with Gasteiger partial charge in [0.25, 0.3) is 0 Å². The molecule has 0 aliphatic heterocycles. The molecule has 0 aromatic heterocycles. The van der Waals surface area contributed by atoms with Crippen molar-refractivity contribution in [2.45, 2.75) is 12.8 Å². The lowest BCUT2D eigenvalue weighted by Crippen LogP contribution is -1.85. The van der Waals surface area contributed by atoms with Crippen LogP contribution in [0.3, 0.4) is 0 Å². The maximum atomic E-state index is 9.44. The lowest BCUT2D eigenvalue weighted by atomic mass is 10.1. The minimum absolute atomic E-state index is 0.173. The topological polar surface area (TPSA) is 44.0 Å². The first-order valence-corrected chi connectivity index (χ1v) is 4.86. The first-order chi connectivity index (χ1) is 6.15. The lowest BCUT2D eigenvalue weighted by Gasteiger charge is -2.04. The number of phenolic OH excluding ortho intramolecular Hbond substituents is 1. The number of rotatable bonds is 2. The highest BCUT2D eigenvalue weighted by molar-refractivity contribution is 9.10. The first kappa shape index (κ1) is 10.4. The molecule has 0 saturated heterocycles. The Kier molecular flexibility index (Phi) is 3.58. The van der Waals surface area contributed by atoms with Crippen LogP contribution in [0.4, 0.5) is 0 Å². The molecule has 1 N–H and O–H groups in total. The number of hydrogen-bond donors (Lipinski definition) is 1. The van der Waals surface area contributed by atoms with Crippen molar-refractivity contribution in [1.29, 1.82) is 5.26 Å². The molecule has 0 radical (unpaired) electrons. The first-order valence-electron chi connectivity index (χ1n) is 3.69. The van der Waals surface area contributed by atoms with Crippen molar-refractivity contribution in [3.63, 3.8) is 0 Å². The Bertz CT molecular complexity index is 359. The van der Waals surface area contributed by atoms with E-state index in [4.69, 9.17) is 16.9 Å². The fraction of sp³-hybridized carbons (Fsp3) is 0.222. The Morgan fingerprint density at radius 2 is 2.23 bits per heavy atom. The maximum Gasteiger partial charge on any atom is 0.120 e. The van der Waals surface area contributed by atoms with Crippen molar-refractivity contribution >= 4 is 27.5 Å². The molecule has 0 heterocycles. The largest absolute Gasteiger partial charge is 0.508 e. The van der Waals surface area contributed by atoms with Gasteiger partial charge in [-0.3, -0.25) is 0 Å². The van der Waals surface area contributed by atoms with Crippen molar-refractivity contribution in [3.05, 3.63) is 27.2 Å². The standard InChI is InChI=1S/C9H7BrClNO/c10-7-5-9(13)6(2-1-3-12)4-8(7)11/h4-5,13H,1-2H2. The van der Waals surface area contributed by atoms with Gasteiger partial charge in [0.05, 0.1) is 11.1 Å². The van der Waals surface area contributed by atoms with E-state index >= 15 is 0 Å². The zero-order valence-corrected chi connectivity index (χ0v) is 9.06. The number of phenols is 1. The van der Waals surface area contributed by atoms with Crippen LogP contribution in [0.25, 0.3) is 0 Å².